The number of hydrogen-bond donors (Lipinski definition) is 1. The summed E-state index contributed by atoms with van der Waals surface area (Å²) in [5.41, 5.74) is 0.987. The molecule has 0 spiro atoms. The first-order valence-corrected chi connectivity index (χ1v) is 9.66. The molecule has 1 aromatic heterocycles. The fourth-order valence-corrected chi connectivity index (χ4v) is 3.43. The zero-order chi connectivity index (χ0) is 21.8. The van der Waals surface area contributed by atoms with Gasteiger partial charge < -0.3 is 19.7 Å². The topological polar surface area (TPSA) is 85.7 Å². The van der Waals surface area contributed by atoms with Crippen LogP contribution < -0.4 is 20.3 Å². The molecule has 30 heavy (non-hydrogen) atoms. The van der Waals surface area contributed by atoms with Crippen LogP contribution in [0.3, 0.4) is 0 Å². The highest BCUT2D eigenvalue weighted by molar-refractivity contribution is 5.91. The van der Waals surface area contributed by atoms with Gasteiger partial charge in [0, 0.05) is 19.7 Å². The Balaban J connectivity index is 1.92. The molecule has 3 rings (SSSR count). The zero-order valence-electron chi connectivity index (χ0n) is 17.8. The number of rotatable bonds is 6. The van der Waals surface area contributed by atoms with Crippen molar-refractivity contribution in [1.29, 1.82) is 0 Å². The molecule has 0 fully saturated rings. The van der Waals surface area contributed by atoms with Crippen LogP contribution >= 0.6 is 0 Å². The second kappa shape index (κ2) is 8.86. The molecule has 1 atom stereocenters. The van der Waals surface area contributed by atoms with Crippen LogP contribution in [0.2, 0.25) is 0 Å². The zero-order valence-corrected chi connectivity index (χ0v) is 17.8. The van der Waals surface area contributed by atoms with Gasteiger partial charge in [0.2, 0.25) is 0 Å². The van der Waals surface area contributed by atoms with Crippen LogP contribution in [0, 0.1) is 0 Å². The molecular formula is C22H26N4O4. The Morgan fingerprint density at radius 1 is 1.20 bits per heavy atom. The molecule has 0 aliphatic rings. The lowest BCUT2D eigenvalue weighted by Gasteiger charge is -2.29. The van der Waals surface area contributed by atoms with E-state index in [0.717, 1.165) is 0 Å². The van der Waals surface area contributed by atoms with E-state index in [1.165, 1.54) is 11.7 Å². The van der Waals surface area contributed by atoms with Crippen molar-refractivity contribution >= 4 is 22.6 Å². The van der Waals surface area contributed by atoms with E-state index in [1.807, 2.05) is 26.0 Å². The summed E-state index contributed by atoms with van der Waals surface area (Å²) in [6, 6.07) is 11.6. The van der Waals surface area contributed by atoms with Crippen LogP contribution in [0.15, 0.2) is 47.3 Å². The fourth-order valence-electron chi connectivity index (χ4n) is 3.43. The van der Waals surface area contributed by atoms with Gasteiger partial charge in [-0.2, -0.15) is 0 Å². The Morgan fingerprint density at radius 2 is 1.93 bits per heavy atom. The maximum atomic E-state index is 13.1. The van der Waals surface area contributed by atoms with E-state index in [1.54, 1.807) is 49.4 Å². The van der Waals surface area contributed by atoms with Gasteiger partial charge in [0.05, 0.1) is 36.9 Å². The first kappa shape index (κ1) is 21.2. The van der Waals surface area contributed by atoms with Crippen molar-refractivity contribution < 1.29 is 14.3 Å². The predicted molar refractivity (Wildman–Crippen MR) is 116 cm³/mol. The van der Waals surface area contributed by atoms with E-state index < -0.39 is 6.04 Å². The smallest absolute Gasteiger partial charge is 0.322 e. The largest absolute Gasteiger partial charge is 0.497 e. The molecule has 0 radical (unpaired) electrons. The number of nitrogens with zero attached hydrogens (tertiary/aromatic N) is 3. The van der Waals surface area contributed by atoms with Crippen LogP contribution in [-0.4, -0.2) is 41.2 Å². The normalized spacial score (nSPS) is 11.8. The monoisotopic (exact) mass is 410 g/mol. The summed E-state index contributed by atoms with van der Waals surface area (Å²) in [7, 11) is 4.76. The van der Waals surface area contributed by atoms with Crippen LogP contribution in [0.5, 0.6) is 11.5 Å². The molecule has 1 unspecified atom stereocenters. The third-order valence-corrected chi connectivity index (χ3v) is 5.11. The van der Waals surface area contributed by atoms with Crippen LogP contribution in [0.4, 0.5) is 10.5 Å². The lowest BCUT2D eigenvalue weighted by atomic mass is 10.2. The highest BCUT2D eigenvalue weighted by Gasteiger charge is 2.25. The van der Waals surface area contributed by atoms with Gasteiger partial charge in [0.25, 0.3) is 5.56 Å². The van der Waals surface area contributed by atoms with E-state index in [4.69, 9.17) is 9.47 Å². The van der Waals surface area contributed by atoms with Crippen molar-refractivity contribution in [1.82, 2.24) is 14.5 Å². The maximum Gasteiger partial charge on any atom is 0.322 e. The molecule has 2 aromatic carbocycles. The molecular weight excluding hydrogens is 384 g/mol. The molecule has 158 valence electrons. The Bertz CT molecular complexity index is 1130. The summed E-state index contributed by atoms with van der Waals surface area (Å²) in [6.45, 7) is 4.15. The molecule has 8 heteroatoms. The number of aromatic nitrogens is 2. The second-order valence-corrected chi connectivity index (χ2v) is 6.81. The minimum atomic E-state index is -0.429. The molecule has 1 N–H and O–H groups in total. The van der Waals surface area contributed by atoms with Crippen LogP contribution in [0.25, 0.3) is 10.9 Å². The number of fused-ring (bicyclic) bond motifs is 1. The number of hydrogen-bond acceptors (Lipinski definition) is 5. The van der Waals surface area contributed by atoms with E-state index in [2.05, 4.69) is 10.3 Å². The minimum absolute atomic E-state index is 0.143. The SMILES string of the molecule is CCN(C(=O)Nc1ccc(OC)cc1OC)C(C)c1nc2ccccc2c(=O)n1C. The summed E-state index contributed by atoms with van der Waals surface area (Å²) in [5, 5.41) is 3.42. The summed E-state index contributed by atoms with van der Waals surface area (Å²) in [5.74, 6) is 1.63. The van der Waals surface area contributed by atoms with E-state index in [9.17, 15) is 9.59 Å². The highest BCUT2D eigenvalue weighted by atomic mass is 16.5. The average Bonchev–Trinajstić information content (AvgIpc) is 2.76. The van der Waals surface area contributed by atoms with Crippen LogP contribution in [0.1, 0.15) is 25.7 Å². The number of anilines is 1. The average molecular weight is 410 g/mol. The standard InChI is InChI=1S/C22H26N4O4/c1-6-26(22(28)24-18-12-11-15(29-4)13-19(18)30-5)14(2)20-23-17-10-8-7-9-16(17)21(27)25(20)3/h7-14H,6H2,1-5H3,(H,24,28). The third kappa shape index (κ3) is 3.94. The first-order chi connectivity index (χ1) is 14.4. The second-order valence-electron chi connectivity index (χ2n) is 6.81. The maximum absolute atomic E-state index is 13.1. The van der Waals surface area contributed by atoms with Gasteiger partial charge in [-0.1, -0.05) is 12.1 Å². The van der Waals surface area contributed by atoms with Gasteiger partial charge >= 0.3 is 6.03 Å². The molecule has 3 aromatic rings. The van der Waals surface area contributed by atoms with Gasteiger partial charge in [-0.3, -0.25) is 9.36 Å². The summed E-state index contributed by atoms with van der Waals surface area (Å²) in [4.78, 5) is 32.1. The Morgan fingerprint density at radius 3 is 2.60 bits per heavy atom. The summed E-state index contributed by atoms with van der Waals surface area (Å²) >= 11 is 0. The van der Waals surface area contributed by atoms with Crippen molar-refractivity contribution in [2.45, 2.75) is 19.9 Å². The van der Waals surface area contributed by atoms with Crippen LogP contribution in [-0.2, 0) is 7.05 Å². The van der Waals surface area contributed by atoms with E-state index in [0.29, 0.717) is 40.5 Å². The molecule has 0 bridgehead atoms. The number of urea groups is 1. The molecule has 0 aliphatic carbocycles. The van der Waals surface area contributed by atoms with Gasteiger partial charge in [-0.15, -0.1) is 0 Å². The molecule has 0 saturated carbocycles. The lowest BCUT2D eigenvalue weighted by Crippen LogP contribution is -2.39. The van der Waals surface area contributed by atoms with Gasteiger partial charge in [0.1, 0.15) is 17.3 Å². The van der Waals surface area contributed by atoms with Gasteiger partial charge in [-0.05, 0) is 38.1 Å². The fraction of sp³-hybridized carbons (Fsp3) is 0.318. The Kier molecular flexibility index (Phi) is 6.25. The molecule has 1 heterocycles. The number of benzene rings is 2. The van der Waals surface area contributed by atoms with Crippen molar-refractivity contribution in [3.8, 4) is 11.5 Å². The number of nitrogens with one attached hydrogen (secondary N) is 1. The number of ether oxygens (including phenoxy) is 2. The number of carbonyl (C=O) groups excluding carboxylic acids is 1. The molecule has 8 nitrogen and oxygen atoms in total. The number of para-hydroxylation sites is 1. The highest BCUT2D eigenvalue weighted by Crippen LogP contribution is 2.30. The van der Waals surface area contributed by atoms with Crippen molar-refractivity contribution in [2.75, 3.05) is 26.1 Å². The quantitative estimate of drug-likeness (QED) is 0.672. The predicted octanol–water partition coefficient (Wildman–Crippen LogP) is 3.57. The minimum Gasteiger partial charge on any atom is -0.497 e. The third-order valence-electron chi connectivity index (χ3n) is 5.11. The van der Waals surface area contributed by atoms with E-state index in [-0.39, 0.29) is 11.6 Å². The molecule has 0 aliphatic heterocycles. The van der Waals surface area contributed by atoms with Crippen molar-refractivity contribution in [2.24, 2.45) is 7.05 Å². The number of methoxy groups -OCH3 is 2. The van der Waals surface area contributed by atoms with E-state index >= 15 is 0 Å². The van der Waals surface area contributed by atoms with Crippen molar-refractivity contribution in [3.63, 3.8) is 0 Å². The van der Waals surface area contributed by atoms with Gasteiger partial charge in [-0.25, -0.2) is 9.78 Å². The number of amides is 2. The lowest BCUT2D eigenvalue weighted by molar-refractivity contribution is 0.192. The molecule has 0 saturated heterocycles. The first-order valence-electron chi connectivity index (χ1n) is 9.66. The van der Waals surface area contributed by atoms with Gasteiger partial charge in [0.15, 0.2) is 0 Å². The Hall–Kier alpha value is -3.55. The molecule has 2 amide bonds. The summed E-state index contributed by atoms with van der Waals surface area (Å²) in [6.07, 6.45) is 0. The van der Waals surface area contributed by atoms with Crippen molar-refractivity contribution in [3.05, 3.63) is 58.6 Å². The Labute approximate surface area is 175 Å². The summed E-state index contributed by atoms with van der Waals surface area (Å²) < 4.78 is 12.1. The number of carbonyl (C=O) groups is 1.